The van der Waals surface area contributed by atoms with E-state index in [1.807, 2.05) is 0 Å². The number of aromatic nitrogens is 2. The van der Waals surface area contributed by atoms with Gasteiger partial charge in [0.2, 0.25) is 6.33 Å². The van der Waals surface area contributed by atoms with Gasteiger partial charge in [0.1, 0.15) is 23.6 Å². The van der Waals surface area contributed by atoms with Gasteiger partial charge in [0.05, 0.1) is 0 Å². The Kier molecular flexibility index (Phi) is 4.36. The second-order valence-electron chi connectivity index (χ2n) is 8.20. The third-order valence-electron chi connectivity index (χ3n) is 6.24. The van der Waals surface area contributed by atoms with Crippen LogP contribution in [0, 0.1) is 17.8 Å². The lowest BCUT2D eigenvalue weighted by Crippen LogP contribution is -2.64. The molecule has 4 aliphatic carbocycles. The van der Waals surface area contributed by atoms with Gasteiger partial charge in [-0.1, -0.05) is 18.2 Å². The fourth-order valence-electron chi connectivity index (χ4n) is 5.77. The molecule has 0 N–H and O–H groups in total. The van der Waals surface area contributed by atoms with Gasteiger partial charge >= 0.3 is 7.25 Å². The summed E-state index contributed by atoms with van der Waals surface area (Å²) in [6.07, 6.45) is 15.7. The SMILES string of the molecule is F[B-](F)(F)F.c1ccc(-n2cc[n+](C34CC5CC(CC(C5)C3)C4)c2)cc1. The van der Waals surface area contributed by atoms with E-state index >= 15 is 0 Å². The highest BCUT2D eigenvalue weighted by Gasteiger charge is 2.54. The molecule has 6 rings (SSSR count). The number of benzene rings is 1. The van der Waals surface area contributed by atoms with Crippen molar-refractivity contribution in [2.45, 2.75) is 44.1 Å². The number of nitrogens with zero attached hydrogens (tertiary/aromatic N) is 2. The normalized spacial score (nSPS) is 32.2. The zero-order valence-corrected chi connectivity index (χ0v) is 14.6. The summed E-state index contributed by atoms with van der Waals surface area (Å²) in [4.78, 5) is 0. The fraction of sp³-hybridized carbons (Fsp3) is 0.526. The van der Waals surface area contributed by atoms with Crippen LogP contribution in [0.4, 0.5) is 17.3 Å². The molecule has 1 aromatic carbocycles. The Morgan fingerprint density at radius 3 is 1.88 bits per heavy atom. The minimum absolute atomic E-state index is 0.439. The van der Waals surface area contributed by atoms with Gasteiger partial charge < -0.3 is 17.3 Å². The van der Waals surface area contributed by atoms with E-state index in [1.54, 1.807) is 0 Å². The quantitative estimate of drug-likeness (QED) is 0.402. The highest BCUT2D eigenvalue weighted by atomic mass is 19.5. The van der Waals surface area contributed by atoms with Crippen molar-refractivity contribution >= 4 is 7.25 Å². The van der Waals surface area contributed by atoms with Crippen LogP contribution in [0.15, 0.2) is 49.1 Å². The van der Waals surface area contributed by atoms with Crippen molar-refractivity contribution in [2.75, 3.05) is 0 Å². The lowest BCUT2D eigenvalue weighted by Gasteiger charge is -2.54. The van der Waals surface area contributed by atoms with Crippen LogP contribution in [0.25, 0.3) is 5.69 Å². The van der Waals surface area contributed by atoms with Crippen LogP contribution in [0.3, 0.4) is 0 Å². The average Bonchev–Trinajstić information content (AvgIpc) is 3.04. The van der Waals surface area contributed by atoms with Gasteiger partial charge in [-0.2, -0.15) is 0 Å². The number of rotatable bonds is 2. The summed E-state index contributed by atoms with van der Waals surface area (Å²) in [5.74, 6) is 3.01. The molecule has 0 spiro atoms. The van der Waals surface area contributed by atoms with Crippen molar-refractivity contribution < 1.29 is 21.8 Å². The molecule has 0 aliphatic heterocycles. The summed E-state index contributed by atoms with van der Waals surface area (Å²) in [7, 11) is -6.00. The largest absolute Gasteiger partial charge is 0.673 e. The first kappa shape index (κ1) is 17.6. The maximum absolute atomic E-state index is 9.75. The Hall–Kier alpha value is -1.79. The summed E-state index contributed by atoms with van der Waals surface area (Å²) < 4.78 is 43.8. The van der Waals surface area contributed by atoms with Crippen molar-refractivity contribution in [3.05, 3.63) is 49.1 Å². The van der Waals surface area contributed by atoms with Gasteiger partial charge in [-0.25, -0.2) is 9.13 Å². The highest BCUT2D eigenvalue weighted by Crippen LogP contribution is 2.56. The first-order valence-electron chi connectivity index (χ1n) is 9.33. The predicted octanol–water partition coefficient (Wildman–Crippen LogP) is 4.99. The molecular formula is C19H23BF4N2. The minimum Gasteiger partial charge on any atom is -0.418 e. The Balaban J connectivity index is 0.000000301. The summed E-state index contributed by atoms with van der Waals surface area (Å²) in [5.41, 5.74) is 1.70. The van der Waals surface area contributed by atoms with E-state index < -0.39 is 7.25 Å². The molecule has 2 nitrogen and oxygen atoms in total. The first-order valence-corrected chi connectivity index (χ1v) is 9.33. The molecule has 1 aromatic heterocycles. The molecule has 4 bridgehead atoms. The van der Waals surface area contributed by atoms with Crippen LogP contribution < -0.4 is 4.57 Å². The molecule has 0 radical (unpaired) electrons. The molecule has 0 atom stereocenters. The van der Waals surface area contributed by atoms with Crippen LogP contribution in [-0.4, -0.2) is 11.8 Å². The standard InChI is InChI=1S/C19H23N2.BF4/c1-2-4-18(5-3-1)20-6-7-21(14-20)19-11-15-8-16(12-19)10-17(9-15)13-19;2-1(3,4)5/h1-7,14-17H,8-13H2;/q+1;-1. The number of halogens is 4. The highest BCUT2D eigenvalue weighted by molar-refractivity contribution is 6.50. The van der Waals surface area contributed by atoms with E-state index in [4.69, 9.17) is 0 Å². The third kappa shape index (κ3) is 3.67. The van der Waals surface area contributed by atoms with E-state index in [-0.39, 0.29) is 0 Å². The maximum Gasteiger partial charge on any atom is 0.673 e. The Bertz CT molecular complexity index is 715. The van der Waals surface area contributed by atoms with Gasteiger partial charge in [-0.3, -0.25) is 0 Å². The molecule has 26 heavy (non-hydrogen) atoms. The van der Waals surface area contributed by atoms with Crippen LogP contribution >= 0.6 is 0 Å². The van der Waals surface area contributed by atoms with Crippen molar-refractivity contribution in [2.24, 2.45) is 17.8 Å². The lowest BCUT2D eigenvalue weighted by atomic mass is 9.53. The second kappa shape index (κ2) is 6.43. The summed E-state index contributed by atoms with van der Waals surface area (Å²) in [6, 6.07) is 10.7. The zero-order valence-electron chi connectivity index (χ0n) is 14.6. The van der Waals surface area contributed by atoms with Gasteiger partial charge in [-0.05, 0) is 68.4 Å². The van der Waals surface area contributed by atoms with Crippen molar-refractivity contribution in [3.63, 3.8) is 0 Å². The molecule has 1 heterocycles. The predicted molar refractivity (Wildman–Crippen MR) is 92.3 cm³/mol. The average molecular weight is 366 g/mol. The number of para-hydroxylation sites is 1. The summed E-state index contributed by atoms with van der Waals surface area (Å²) in [6.45, 7) is 0. The first-order chi connectivity index (χ1) is 12.3. The molecule has 140 valence electrons. The van der Waals surface area contributed by atoms with E-state index in [0.717, 1.165) is 17.8 Å². The van der Waals surface area contributed by atoms with Crippen LogP contribution in [0.2, 0.25) is 0 Å². The summed E-state index contributed by atoms with van der Waals surface area (Å²) >= 11 is 0. The third-order valence-corrected chi connectivity index (χ3v) is 6.24. The monoisotopic (exact) mass is 366 g/mol. The molecule has 2 aromatic rings. The van der Waals surface area contributed by atoms with E-state index in [9.17, 15) is 17.3 Å². The summed E-state index contributed by atoms with van der Waals surface area (Å²) in [5, 5.41) is 0. The van der Waals surface area contributed by atoms with Crippen LogP contribution in [-0.2, 0) is 5.54 Å². The second-order valence-corrected chi connectivity index (χ2v) is 8.20. The van der Waals surface area contributed by atoms with Gasteiger partial charge in [-0.15, -0.1) is 0 Å². The van der Waals surface area contributed by atoms with E-state index in [1.165, 1.54) is 44.2 Å². The van der Waals surface area contributed by atoms with Crippen molar-refractivity contribution in [1.82, 2.24) is 4.57 Å². The van der Waals surface area contributed by atoms with E-state index in [2.05, 4.69) is 58.2 Å². The van der Waals surface area contributed by atoms with Gasteiger partial charge in [0.15, 0.2) is 0 Å². The maximum atomic E-state index is 9.75. The van der Waals surface area contributed by atoms with Crippen LogP contribution in [0.1, 0.15) is 38.5 Å². The molecule has 7 heteroatoms. The van der Waals surface area contributed by atoms with Crippen molar-refractivity contribution in [3.8, 4) is 5.69 Å². The Morgan fingerprint density at radius 1 is 0.885 bits per heavy atom. The minimum atomic E-state index is -6.00. The molecule has 4 aliphatic rings. The molecular weight excluding hydrogens is 343 g/mol. The molecule has 4 saturated carbocycles. The molecule has 0 saturated heterocycles. The van der Waals surface area contributed by atoms with E-state index in [0.29, 0.717) is 5.54 Å². The Labute approximate surface area is 150 Å². The smallest absolute Gasteiger partial charge is 0.418 e. The number of hydrogen-bond donors (Lipinski definition) is 0. The number of hydrogen-bond acceptors (Lipinski definition) is 0. The van der Waals surface area contributed by atoms with Crippen molar-refractivity contribution in [1.29, 1.82) is 0 Å². The van der Waals surface area contributed by atoms with Gasteiger partial charge in [0, 0.05) is 0 Å². The zero-order chi connectivity index (χ0) is 18.4. The number of imidazole rings is 1. The topological polar surface area (TPSA) is 8.81 Å². The Morgan fingerprint density at radius 2 is 1.38 bits per heavy atom. The lowest BCUT2D eigenvalue weighted by molar-refractivity contribution is -0.776. The molecule has 4 fully saturated rings. The fourth-order valence-corrected chi connectivity index (χ4v) is 5.77. The van der Waals surface area contributed by atoms with Crippen LogP contribution in [0.5, 0.6) is 0 Å². The molecule has 0 unspecified atom stereocenters. The molecule has 0 amide bonds. The van der Waals surface area contributed by atoms with Gasteiger partial charge in [0.25, 0.3) is 0 Å².